The van der Waals surface area contributed by atoms with E-state index in [0.717, 1.165) is 0 Å². The number of rotatable bonds is 4. The molecule has 1 aliphatic rings. The highest BCUT2D eigenvalue weighted by molar-refractivity contribution is 6.31. The molecule has 5 nitrogen and oxygen atoms in total. The zero-order chi connectivity index (χ0) is 14.2. The van der Waals surface area contributed by atoms with Gasteiger partial charge in [0.2, 0.25) is 0 Å². The van der Waals surface area contributed by atoms with E-state index in [2.05, 4.69) is 0 Å². The van der Waals surface area contributed by atoms with Crippen molar-refractivity contribution in [2.24, 2.45) is 11.8 Å². The number of Topliss-reactive ketones (excluding diaryl/α,β-unsaturated/α-hetero) is 1. The van der Waals surface area contributed by atoms with Gasteiger partial charge in [0.1, 0.15) is 11.5 Å². The van der Waals surface area contributed by atoms with Crippen molar-refractivity contribution in [2.75, 3.05) is 18.0 Å². The van der Waals surface area contributed by atoms with Gasteiger partial charge in [-0.1, -0.05) is 25.4 Å². The average Bonchev–Trinajstić information content (AvgIpc) is 2.26. The molecule has 6 heteroatoms. The smallest absolute Gasteiger partial charge is 0.292 e. The number of nitrogens with zero attached hydrogens (tertiary/aromatic N) is 2. The van der Waals surface area contributed by atoms with Crippen molar-refractivity contribution in [3.8, 4) is 0 Å². The summed E-state index contributed by atoms with van der Waals surface area (Å²) in [5.41, 5.74) is 0.519. The first-order valence-electron chi connectivity index (χ1n) is 6.12. The van der Waals surface area contributed by atoms with Crippen molar-refractivity contribution in [3.63, 3.8) is 0 Å². The number of anilines is 1. The Hall–Kier alpha value is -1.62. The van der Waals surface area contributed by atoms with Crippen LogP contribution in [0.5, 0.6) is 0 Å². The van der Waals surface area contributed by atoms with Crippen LogP contribution in [0.15, 0.2) is 18.2 Å². The lowest BCUT2D eigenvalue weighted by Crippen LogP contribution is -2.51. The molecule has 1 aromatic rings. The number of carbonyl (C=O) groups is 1. The Bertz CT molecular complexity index is 525. The van der Waals surface area contributed by atoms with Crippen LogP contribution >= 0.6 is 11.6 Å². The quantitative estimate of drug-likeness (QED) is 0.629. The zero-order valence-corrected chi connectivity index (χ0v) is 11.6. The Morgan fingerprint density at radius 2 is 2.11 bits per heavy atom. The number of nitro groups is 1. The Balaban J connectivity index is 2.15. The summed E-state index contributed by atoms with van der Waals surface area (Å²) in [5.74, 6) is 0.181. The Morgan fingerprint density at radius 3 is 2.63 bits per heavy atom. The molecule has 1 aliphatic heterocycles. The van der Waals surface area contributed by atoms with Crippen LogP contribution in [0.4, 0.5) is 11.4 Å². The molecule has 0 N–H and O–H groups in total. The highest BCUT2D eigenvalue weighted by atomic mass is 35.5. The predicted octanol–water partition coefficient (Wildman–Crippen LogP) is 2.91. The second-order valence-corrected chi connectivity index (χ2v) is 5.49. The molecule has 19 heavy (non-hydrogen) atoms. The van der Waals surface area contributed by atoms with Gasteiger partial charge in [0.05, 0.1) is 10.8 Å². The lowest BCUT2D eigenvalue weighted by molar-refractivity contribution is -0.384. The van der Waals surface area contributed by atoms with Gasteiger partial charge in [-0.2, -0.15) is 0 Å². The minimum atomic E-state index is -0.427. The van der Waals surface area contributed by atoms with Gasteiger partial charge in [-0.25, -0.2) is 0 Å². The number of carbonyl (C=O) groups excluding carboxylic acids is 1. The van der Waals surface area contributed by atoms with Gasteiger partial charge in [0.15, 0.2) is 0 Å². The maximum atomic E-state index is 11.8. The maximum Gasteiger partial charge on any atom is 0.292 e. The van der Waals surface area contributed by atoms with Gasteiger partial charge >= 0.3 is 0 Å². The van der Waals surface area contributed by atoms with Crippen molar-refractivity contribution >= 4 is 28.8 Å². The van der Waals surface area contributed by atoms with Crippen molar-refractivity contribution in [3.05, 3.63) is 33.3 Å². The summed E-state index contributed by atoms with van der Waals surface area (Å²) in [7, 11) is 0. The fourth-order valence-corrected chi connectivity index (χ4v) is 2.40. The van der Waals surface area contributed by atoms with Crippen LogP contribution < -0.4 is 4.90 Å². The molecule has 1 heterocycles. The molecule has 0 atom stereocenters. The summed E-state index contributed by atoms with van der Waals surface area (Å²) in [6.45, 7) is 4.79. The minimum absolute atomic E-state index is 0.00139. The molecule has 0 radical (unpaired) electrons. The molecule has 0 unspecified atom stereocenters. The lowest BCUT2D eigenvalue weighted by Gasteiger charge is -2.40. The van der Waals surface area contributed by atoms with Crippen molar-refractivity contribution in [2.45, 2.75) is 13.8 Å². The molecule has 1 aromatic carbocycles. The van der Waals surface area contributed by atoms with Crippen LogP contribution in [0.1, 0.15) is 13.8 Å². The number of halogens is 1. The van der Waals surface area contributed by atoms with E-state index in [-0.39, 0.29) is 23.3 Å². The fourth-order valence-electron chi connectivity index (χ4n) is 2.23. The van der Waals surface area contributed by atoms with Crippen LogP contribution in [0, 0.1) is 22.0 Å². The third kappa shape index (κ3) is 2.71. The average molecular weight is 283 g/mol. The molecular weight excluding hydrogens is 268 g/mol. The second kappa shape index (κ2) is 5.17. The van der Waals surface area contributed by atoms with Crippen molar-refractivity contribution < 1.29 is 9.72 Å². The van der Waals surface area contributed by atoms with Gasteiger partial charge < -0.3 is 4.90 Å². The maximum absolute atomic E-state index is 11.8. The van der Waals surface area contributed by atoms with Crippen molar-refractivity contribution in [1.29, 1.82) is 0 Å². The summed E-state index contributed by atoms with van der Waals surface area (Å²) in [6, 6.07) is 4.48. The van der Waals surface area contributed by atoms with Gasteiger partial charge in [-0.05, 0) is 12.1 Å². The molecule has 0 saturated carbocycles. The van der Waals surface area contributed by atoms with Crippen LogP contribution in [0.25, 0.3) is 0 Å². The van der Waals surface area contributed by atoms with E-state index in [0.29, 0.717) is 23.8 Å². The molecular formula is C13H15ClN2O3. The molecule has 0 bridgehead atoms. The van der Waals surface area contributed by atoms with Gasteiger partial charge in [0, 0.05) is 30.1 Å². The molecule has 2 rings (SSSR count). The molecule has 1 fully saturated rings. The first-order chi connectivity index (χ1) is 8.90. The number of nitro benzene ring substituents is 1. The summed E-state index contributed by atoms with van der Waals surface area (Å²) >= 11 is 5.88. The summed E-state index contributed by atoms with van der Waals surface area (Å²) in [6.07, 6.45) is 0. The first kappa shape index (κ1) is 13.8. The molecule has 0 aliphatic carbocycles. The van der Waals surface area contributed by atoms with Crippen molar-refractivity contribution in [1.82, 2.24) is 0 Å². The second-order valence-electron chi connectivity index (χ2n) is 5.05. The number of hydrogen-bond donors (Lipinski definition) is 0. The van der Waals surface area contributed by atoms with Crippen LogP contribution in [0.2, 0.25) is 5.02 Å². The minimum Gasteiger partial charge on any atom is -0.364 e. The Labute approximate surface area is 116 Å². The predicted molar refractivity (Wildman–Crippen MR) is 73.7 cm³/mol. The zero-order valence-electron chi connectivity index (χ0n) is 10.8. The summed E-state index contributed by atoms with van der Waals surface area (Å²) < 4.78 is 0. The molecule has 102 valence electrons. The topological polar surface area (TPSA) is 63.5 Å². The largest absolute Gasteiger partial charge is 0.364 e. The van der Waals surface area contributed by atoms with E-state index in [1.54, 1.807) is 6.07 Å². The standard InChI is InChI=1S/C13H15ClN2O3/c1-8(2)13(17)9-6-15(7-9)12-5-10(14)3-4-11(12)16(18)19/h3-5,8-9H,6-7H2,1-2H3. The third-order valence-electron chi connectivity index (χ3n) is 3.33. The lowest BCUT2D eigenvalue weighted by atomic mass is 9.88. The van der Waals surface area contributed by atoms with Crippen LogP contribution in [0.3, 0.4) is 0 Å². The van der Waals surface area contributed by atoms with E-state index >= 15 is 0 Å². The first-order valence-corrected chi connectivity index (χ1v) is 6.50. The normalized spacial score (nSPS) is 15.5. The van der Waals surface area contributed by atoms with Gasteiger partial charge in [0.25, 0.3) is 5.69 Å². The summed E-state index contributed by atoms with van der Waals surface area (Å²) in [5, 5.41) is 11.4. The SMILES string of the molecule is CC(C)C(=O)C1CN(c2cc(Cl)ccc2[N+](=O)[O-])C1. The molecule has 0 aromatic heterocycles. The fraction of sp³-hybridized carbons (Fsp3) is 0.462. The van der Waals surface area contributed by atoms with Crippen LogP contribution in [-0.2, 0) is 4.79 Å². The van der Waals surface area contributed by atoms with E-state index in [1.807, 2.05) is 18.7 Å². The monoisotopic (exact) mass is 282 g/mol. The van der Waals surface area contributed by atoms with Gasteiger partial charge in [-0.3, -0.25) is 14.9 Å². The Morgan fingerprint density at radius 1 is 1.47 bits per heavy atom. The highest BCUT2D eigenvalue weighted by Gasteiger charge is 2.36. The van der Waals surface area contributed by atoms with E-state index < -0.39 is 4.92 Å². The van der Waals surface area contributed by atoms with E-state index in [9.17, 15) is 14.9 Å². The molecule has 1 saturated heterocycles. The summed E-state index contributed by atoms with van der Waals surface area (Å²) in [4.78, 5) is 24.2. The van der Waals surface area contributed by atoms with Gasteiger partial charge in [-0.15, -0.1) is 0 Å². The molecule has 0 spiro atoms. The van der Waals surface area contributed by atoms with Crippen LogP contribution in [-0.4, -0.2) is 23.8 Å². The number of ketones is 1. The highest BCUT2D eigenvalue weighted by Crippen LogP contribution is 2.35. The number of benzene rings is 1. The van der Waals surface area contributed by atoms with E-state index in [4.69, 9.17) is 11.6 Å². The van der Waals surface area contributed by atoms with E-state index in [1.165, 1.54) is 12.1 Å². The number of hydrogen-bond acceptors (Lipinski definition) is 4. The third-order valence-corrected chi connectivity index (χ3v) is 3.56. The Kier molecular flexibility index (Phi) is 3.75. The molecule has 0 amide bonds.